The number of nitrogens with one attached hydrogen (secondary N) is 3. The number of likely N-dealkylation sites (N-methyl/N-ethyl adjacent to an activating group) is 4. The molecule has 0 aromatic carbocycles. The summed E-state index contributed by atoms with van der Waals surface area (Å²) in [7, 11) is 11.8. The molecule has 3 amide bonds. The number of ether oxygens (including phenoxy) is 2. The standard InChI is InChI=1S/C51H95N7O10/c1-11-15-18-20-31-67-48(63)39-41(34-44(59)33-40(14-4)51(66)68-32-21-19-16-12-2)46(61)37-42(49(64)54-24-26-58(10)30-28-56(7)8)35-45(60)36-43(50(65)53-22-17-13-3)38-47(62)52-23-25-57(9)29-27-55(5)6/h40-43H,11-39H2,1-10H3,(H,52,62)(H,53,65)(H,54,64). The van der Waals surface area contributed by atoms with Crippen molar-refractivity contribution in [3.05, 3.63) is 0 Å². The Labute approximate surface area is 410 Å². The van der Waals surface area contributed by atoms with Crippen LogP contribution in [0.1, 0.15) is 143 Å². The molecule has 0 aromatic heterocycles. The lowest BCUT2D eigenvalue weighted by Gasteiger charge is -2.23. The van der Waals surface area contributed by atoms with Gasteiger partial charge in [0.05, 0.1) is 37.4 Å². The molecule has 0 aliphatic heterocycles. The van der Waals surface area contributed by atoms with Crippen LogP contribution in [0, 0.1) is 23.7 Å². The van der Waals surface area contributed by atoms with Crippen LogP contribution in [0.5, 0.6) is 0 Å². The van der Waals surface area contributed by atoms with Gasteiger partial charge in [-0.2, -0.15) is 0 Å². The van der Waals surface area contributed by atoms with Gasteiger partial charge in [0.2, 0.25) is 17.7 Å². The molecule has 0 aromatic rings. The summed E-state index contributed by atoms with van der Waals surface area (Å²) in [6.45, 7) is 13.6. The van der Waals surface area contributed by atoms with Crippen molar-refractivity contribution in [3.8, 4) is 0 Å². The smallest absolute Gasteiger partial charge is 0.309 e. The van der Waals surface area contributed by atoms with Crippen molar-refractivity contribution < 1.29 is 47.8 Å². The summed E-state index contributed by atoms with van der Waals surface area (Å²) in [5.41, 5.74) is 0. The molecule has 4 atom stereocenters. The SMILES string of the molecule is CCCCCCOC(=O)CC(CC(=O)CC(CC)C(=O)OCCCCCC)C(=O)CC(CC(=O)CC(CC(=O)NCCN(C)CCN(C)C)C(=O)NCCCC)C(=O)NCCN(C)CCN(C)C. The van der Waals surface area contributed by atoms with Crippen molar-refractivity contribution in [2.45, 2.75) is 143 Å². The average molecular weight is 966 g/mol. The minimum Gasteiger partial charge on any atom is -0.466 e. The Bertz CT molecular complexity index is 1460. The predicted molar refractivity (Wildman–Crippen MR) is 268 cm³/mol. The van der Waals surface area contributed by atoms with E-state index in [2.05, 4.69) is 39.6 Å². The molecule has 0 bridgehead atoms. The van der Waals surface area contributed by atoms with Crippen LogP contribution in [0.15, 0.2) is 0 Å². The zero-order chi connectivity index (χ0) is 51.3. The Balaban J connectivity index is 6.47. The highest BCUT2D eigenvalue weighted by molar-refractivity contribution is 5.96. The number of Topliss-reactive ketones (excluding diaryl/α,β-unsaturated/α-hetero) is 3. The van der Waals surface area contributed by atoms with Crippen molar-refractivity contribution >= 4 is 47.0 Å². The largest absolute Gasteiger partial charge is 0.466 e. The van der Waals surface area contributed by atoms with Crippen molar-refractivity contribution in [2.24, 2.45) is 23.7 Å². The average Bonchev–Trinajstić information content (AvgIpc) is 3.28. The Morgan fingerprint density at radius 2 is 0.882 bits per heavy atom. The number of ketones is 3. The molecule has 0 rings (SSSR count). The molecule has 0 aliphatic rings. The van der Waals surface area contributed by atoms with E-state index in [9.17, 15) is 38.4 Å². The highest BCUT2D eigenvalue weighted by atomic mass is 16.5. The summed E-state index contributed by atoms with van der Waals surface area (Å²) >= 11 is 0. The Kier molecular flexibility index (Phi) is 37.7. The van der Waals surface area contributed by atoms with Gasteiger partial charge in [0.1, 0.15) is 17.3 Å². The van der Waals surface area contributed by atoms with Gasteiger partial charge in [-0.1, -0.05) is 72.6 Å². The van der Waals surface area contributed by atoms with Gasteiger partial charge in [-0.05, 0) is 68.0 Å². The molecule has 4 unspecified atom stereocenters. The minimum atomic E-state index is -1.19. The van der Waals surface area contributed by atoms with Gasteiger partial charge in [-0.3, -0.25) is 38.4 Å². The van der Waals surface area contributed by atoms with Crippen LogP contribution < -0.4 is 16.0 Å². The lowest BCUT2D eigenvalue weighted by molar-refractivity contribution is -0.151. The quantitative estimate of drug-likeness (QED) is 0.0561. The third-order valence-electron chi connectivity index (χ3n) is 12.0. The number of hydrogen-bond donors (Lipinski definition) is 3. The lowest BCUT2D eigenvalue weighted by atomic mass is 9.83. The summed E-state index contributed by atoms with van der Waals surface area (Å²) in [5, 5.41) is 8.60. The van der Waals surface area contributed by atoms with Crippen LogP contribution in [0.4, 0.5) is 0 Å². The molecule has 17 nitrogen and oxygen atoms in total. The molecule has 0 radical (unpaired) electrons. The molecule has 3 N–H and O–H groups in total. The van der Waals surface area contributed by atoms with Gasteiger partial charge in [0.15, 0.2) is 0 Å². The van der Waals surface area contributed by atoms with Crippen LogP contribution in [0.25, 0.3) is 0 Å². The first kappa shape index (κ1) is 64.2. The molecule has 0 spiro atoms. The summed E-state index contributed by atoms with van der Waals surface area (Å²) in [5.74, 6) is -8.04. The monoisotopic (exact) mass is 966 g/mol. The number of amides is 3. The molecule has 0 saturated carbocycles. The fourth-order valence-electron chi connectivity index (χ4n) is 7.37. The van der Waals surface area contributed by atoms with Gasteiger partial charge in [-0.25, -0.2) is 0 Å². The van der Waals surface area contributed by atoms with E-state index in [1.807, 2.05) is 59.0 Å². The summed E-state index contributed by atoms with van der Waals surface area (Å²) in [6.07, 6.45) is 6.74. The van der Waals surface area contributed by atoms with E-state index in [4.69, 9.17) is 9.47 Å². The van der Waals surface area contributed by atoms with E-state index in [0.717, 1.165) is 77.5 Å². The third-order valence-corrected chi connectivity index (χ3v) is 12.0. The summed E-state index contributed by atoms with van der Waals surface area (Å²) < 4.78 is 11.0. The first-order valence-electron chi connectivity index (χ1n) is 25.7. The maximum absolute atomic E-state index is 14.3. The van der Waals surface area contributed by atoms with E-state index in [-0.39, 0.29) is 51.3 Å². The van der Waals surface area contributed by atoms with Crippen LogP contribution in [0.3, 0.4) is 0 Å². The minimum absolute atomic E-state index is 0.164. The zero-order valence-electron chi connectivity index (χ0n) is 44.2. The molecule has 0 heterocycles. The Hall–Kier alpha value is -3.80. The van der Waals surface area contributed by atoms with Gasteiger partial charge >= 0.3 is 11.9 Å². The van der Waals surface area contributed by atoms with Crippen LogP contribution in [-0.2, 0) is 47.8 Å². The number of esters is 2. The third kappa shape index (κ3) is 33.7. The maximum atomic E-state index is 14.3. The molecule has 0 fully saturated rings. The van der Waals surface area contributed by atoms with Crippen molar-refractivity contribution in [1.29, 1.82) is 0 Å². The lowest BCUT2D eigenvalue weighted by Crippen LogP contribution is -2.41. The molecule has 394 valence electrons. The number of carbonyl (C=O) groups is 8. The van der Waals surface area contributed by atoms with Gasteiger partial charge in [-0.15, -0.1) is 0 Å². The zero-order valence-corrected chi connectivity index (χ0v) is 44.2. The molecule has 0 aliphatic carbocycles. The normalized spacial score (nSPS) is 13.3. The highest BCUT2D eigenvalue weighted by Crippen LogP contribution is 2.24. The number of rotatable bonds is 44. The van der Waals surface area contributed by atoms with Crippen LogP contribution in [-0.4, -0.2) is 181 Å². The predicted octanol–water partition coefficient (Wildman–Crippen LogP) is 4.68. The summed E-state index contributed by atoms with van der Waals surface area (Å²) in [6, 6.07) is 0. The van der Waals surface area contributed by atoms with Crippen molar-refractivity contribution in [1.82, 2.24) is 35.6 Å². The fraction of sp³-hybridized carbons (Fsp3) is 0.843. The first-order valence-corrected chi connectivity index (χ1v) is 25.7. The topological polar surface area (TPSA) is 204 Å². The Morgan fingerprint density at radius 3 is 1.38 bits per heavy atom. The maximum Gasteiger partial charge on any atom is 0.309 e. The van der Waals surface area contributed by atoms with Crippen LogP contribution in [0.2, 0.25) is 0 Å². The number of carbonyl (C=O) groups excluding carboxylic acids is 8. The van der Waals surface area contributed by atoms with E-state index < -0.39 is 84.0 Å². The Morgan fingerprint density at radius 1 is 0.426 bits per heavy atom. The van der Waals surface area contributed by atoms with Gasteiger partial charge in [0.25, 0.3) is 0 Å². The van der Waals surface area contributed by atoms with Gasteiger partial charge < -0.3 is 45.0 Å². The second-order valence-electron chi connectivity index (χ2n) is 19.2. The molecule has 0 saturated heterocycles. The number of unbranched alkanes of at least 4 members (excludes halogenated alkanes) is 7. The first-order chi connectivity index (χ1) is 32.4. The van der Waals surface area contributed by atoms with Crippen LogP contribution >= 0.6 is 0 Å². The van der Waals surface area contributed by atoms with Crippen molar-refractivity contribution in [3.63, 3.8) is 0 Å². The molecule has 17 heteroatoms. The van der Waals surface area contributed by atoms with Gasteiger partial charge in [0, 0.05) is 103 Å². The highest BCUT2D eigenvalue weighted by Gasteiger charge is 2.34. The number of hydrogen-bond acceptors (Lipinski definition) is 14. The summed E-state index contributed by atoms with van der Waals surface area (Å²) in [4.78, 5) is 117. The molecular weight excluding hydrogens is 871 g/mol. The van der Waals surface area contributed by atoms with E-state index in [1.165, 1.54) is 0 Å². The second-order valence-corrected chi connectivity index (χ2v) is 19.2. The van der Waals surface area contributed by atoms with E-state index in [1.54, 1.807) is 6.92 Å². The van der Waals surface area contributed by atoms with E-state index >= 15 is 0 Å². The molecular formula is C51H95N7O10. The number of nitrogens with zero attached hydrogens (tertiary/aromatic N) is 4. The second kappa shape index (κ2) is 40.0. The van der Waals surface area contributed by atoms with E-state index in [0.29, 0.717) is 45.4 Å². The fourth-order valence-corrected chi connectivity index (χ4v) is 7.37. The van der Waals surface area contributed by atoms with Crippen molar-refractivity contribution in [2.75, 3.05) is 114 Å². The molecule has 68 heavy (non-hydrogen) atoms.